The lowest BCUT2D eigenvalue weighted by Crippen LogP contribution is -2.30. The molecule has 5 nitrogen and oxygen atoms in total. The molecule has 0 aromatic heterocycles. The van der Waals surface area contributed by atoms with Crippen molar-refractivity contribution < 1.29 is 13.2 Å². The number of aryl methyl sites for hydroxylation is 1. The third kappa shape index (κ3) is 5.11. The number of rotatable bonds is 5. The van der Waals surface area contributed by atoms with E-state index in [9.17, 15) is 13.2 Å². The molecule has 0 bridgehead atoms. The van der Waals surface area contributed by atoms with Gasteiger partial charge in [0.05, 0.1) is 10.6 Å². The van der Waals surface area contributed by atoms with Crippen LogP contribution in [0.4, 0.5) is 5.69 Å². The standard InChI is InChI=1S/C17H18Cl2N2O3S/c1-10(2)20-17(22)16-9-15(5-4-11(16)3)25(23,24)21-14-7-12(18)6-13(19)8-14/h4-10,21H,1-3H3,(H,20,22). The molecule has 8 heteroatoms. The third-order valence-electron chi connectivity index (χ3n) is 3.30. The summed E-state index contributed by atoms with van der Waals surface area (Å²) in [6.07, 6.45) is 0. The van der Waals surface area contributed by atoms with Gasteiger partial charge in [-0.15, -0.1) is 0 Å². The summed E-state index contributed by atoms with van der Waals surface area (Å²) in [5.74, 6) is -0.324. The minimum Gasteiger partial charge on any atom is -0.350 e. The molecular weight excluding hydrogens is 383 g/mol. The minimum absolute atomic E-state index is 0.0249. The molecule has 0 saturated carbocycles. The van der Waals surface area contributed by atoms with Gasteiger partial charge in [-0.3, -0.25) is 9.52 Å². The first kappa shape index (κ1) is 19.6. The van der Waals surface area contributed by atoms with Crippen LogP contribution in [-0.4, -0.2) is 20.4 Å². The number of halogens is 2. The number of benzene rings is 2. The Balaban J connectivity index is 2.37. The zero-order chi connectivity index (χ0) is 18.8. The molecule has 0 aliphatic carbocycles. The Labute approximate surface area is 157 Å². The smallest absolute Gasteiger partial charge is 0.261 e. The van der Waals surface area contributed by atoms with Gasteiger partial charge < -0.3 is 5.32 Å². The average Bonchev–Trinajstić information content (AvgIpc) is 2.44. The van der Waals surface area contributed by atoms with Crippen LogP contribution in [0.2, 0.25) is 10.0 Å². The largest absolute Gasteiger partial charge is 0.350 e. The molecule has 2 aromatic carbocycles. The van der Waals surface area contributed by atoms with Gasteiger partial charge in [0.2, 0.25) is 0 Å². The Kier molecular flexibility index (Phi) is 5.98. The summed E-state index contributed by atoms with van der Waals surface area (Å²) < 4.78 is 27.6. The van der Waals surface area contributed by atoms with Crippen molar-refractivity contribution in [3.8, 4) is 0 Å². The van der Waals surface area contributed by atoms with E-state index in [2.05, 4.69) is 10.0 Å². The summed E-state index contributed by atoms with van der Waals surface area (Å²) in [5, 5.41) is 3.38. The van der Waals surface area contributed by atoms with Crippen molar-refractivity contribution in [1.82, 2.24) is 5.32 Å². The van der Waals surface area contributed by atoms with Gasteiger partial charge in [-0.2, -0.15) is 0 Å². The second kappa shape index (κ2) is 7.64. The van der Waals surface area contributed by atoms with Crippen LogP contribution in [0, 0.1) is 6.92 Å². The summed E-state index contributed by atoms with van der Waals surface area (Å²) in [5.41, 5.74) is 1.23. The molecular formula is C17H18Cl2N2O3S. The van der Waals surface area contributed by atoms with E-state index in [1.807, 2.05) is 13.8 Å². The van der Waals surface area contributed by atoms with Gasteiger partial charge in [0.15, 0.2) is 0 Å². The van der Waals surface area contributed by atoms with Crippen molar-refractivity contribution in [2.75, 3.05) is 4.72 Å². The van der Waals surface area contributed by atoms with E-state index in [4.69, 9.17) is 23.2 Å². The van der Waals surface area contributed by atoms with Crippen molar-refractivity contribution in [1.29, 1.82) is 0 Å². The van der Waals surface area contributed by atoms with Crippen molar-refractivity contribution in [3.05, 3.63) is 57.6 Å². The number of nitrogens with one attached hydrogen (secondary N) is 2. The SMILES string of the molecule is Cc1ccc(S(=O)(=O)Nc2cc(Cl)cc(Cl)c2)cc1C(=O)NC(C)C. The zero-order valence-corrected chi connectivity index (χ0v) is 16.3. The fourth-order valence-electron chi connectivity index (χ4n) is 2.18. The highest BCUT2D eigenvalue weighted by Crippen LogP contribution is 2.25. The Hall–Kier alpha value is -1.76. The van der Waals surface area contributed by atoms with Crippen LogP contribution in [0.3, 0.4) is 0 Å². The van der Waals surface area contributed by atoms with E-state index in [-0.39, 0.29) is 22.5 Å². The number of anilines is 1. The first-order chi connectivity index (χ1) is 11.6. The highest BCUT2D eigenvalue weighted by atomic mass is 35.5. The monoisotopic (exact) mass is 400 g/mol. The molecule has 0 radical (unpaired) electrons. The highest BCUT2D eigenvalue weighted by molar-refractivity contribution is 7.92. The highest BCUT2D eigenvalue weighted by Gasteiger charge is 2.19. The van der Waals surface area contributed by atoms with Crippen LogP contribution in [0.1, 0.15) is 29.8 Å². The van der Waals surface area contributed by atoms with Crippen molar-refractivity contribution in [2.24, 2.45) is 0 Å². The summed E-state index contributed by atoms with van der Waals surface area (Å²) in [7, 11) is -3.90. The predicted octanol–water partition coefficient (Wildman–Crippen LogP) is 4.24. The van der Waals surface area contributed by atoms with Crippen molar-refractivity contribution >= 4 is 44.8 Å². The van der Waals surface area contributed by atoms with Gasteiger partial charge in [-0.25, -0.2) is 8.42 Å². The minimum atomic E-state index is -3.90. The molecule has 0 unspecified atom stereocenters. The lowest BCUT2D eigenvalue weighted by Gasteiger charge is -2.13. The molecule has 1 amide bonds. The normalized spacial score (nSPS) is 11.4. The first-order valence-corrected chi connectivity index (χ1v) is 9.73. The molecule has 0 aliphatic rings. The second-order valence-corrected chi connectivity index (χ2v) is 8.42. The lowest BCUT2D eigenvalue weighted by atomic mass is 10.1. The summed E-state index contributed by atoms with van der Waals surface area (Å²) >= 11 is 11.8. The van der Waals surface area contributed by atoms with Crippen LogP contribution in [0.5, 0.6) is 0 Å². The maximum atomic E-state index is 12.6. The zero-order valence-electron chi connectivity index (χ0n) is 13.9. The number of sulfonamides is 1. The number of hydrogen-bond donors (Lipinski definition) is 2. The molecule has 2 N–H and O–H groups in total. The van der Waals surface area contributed by atoms with Gasteiger partial charge in [0.25, 0.3) is 15.9 Å². The molecule has 0 fully saturated rings. The van der Waals surface area contributed by atoms with Crippen LogP contribution < -0.4 is 10.0 Å². The number of carbonyl (C=O) groups excluding carboxylic acids is 1. The molecule has 0 saturated heterocycles. The van der Waals surface area contributed by atoms with Crippen molar-refractivity contribution in [2.45, 2.75) is 31.7 Å². The van der Waals surface area contributed by atoms with E-state index < -0.39 is 10.0 Å². The Morgan fingerprint density at radius 2 is 1.64 bits per heavy atom. The third-order valence-corrected chi connectivity index (χ3v) is 5.11. The topological polar surface area (TPSA) is 75.3 Å². The number of hydrogen-bond acceptors (Lipinski definition) is 3. The summed E-state index contributed by atoms with van der Waals surface area (Å²) in [6.45, 7) is 5.41. The maximum absolute atomic E-state index is 12.6. The fourth-order valence-corrected chi connectivity index (χ4v) is 3.77. The Morgan fingerprint density at radius 1 is 1.04 bits per heavy atom. The molecule has 25 heavy (non-hydrogen) atoms. The quantitative estimate of drug-likeness (QED) is 0.787. The molecule has 0 heterocycles. The van der Waals surface area contributed by atoms with E-state index in [1.165, 1.54) is 30.3 Å². The molecule has 2 aromatic rings. The van der Waals surface area contributed by atoms with Crippen LogP contribution in [0.15, 0.2) is 41.3 Å². The molecule has 0 spiro atoms. The maximum Gasteiger partial charge on any atom is 0.261 e. The van der Waals surface area contributed by atoms with Crippen LogP contribution >= 0.6 is 23.2 Å². The number of amides is 1. The molecule has 134 valence electrons. The predicted molar refractivity (Wildman–Crippen MR) is 101 cm³/mol. The lowest BCUT2D eigenvalue weighted by molar-refractivity contribution is 0.0942. The van der Waals surface area contributed by atoms with Crippen LogP contribution in [-0.2, 0) is 10.0 Å². The fraction of sp³-hybridized carbons (Fsp3) is 0.235. The van der Waals surface area contributed by atoms with Gasteiger partial charge in [-0.1, -0.05) is 29.3 Å². The Morgan fingerprint density at radius 3 is 2.20 bits per heavy atom. The van der Waals surface area contributed by atoms with E-state index in [1.54, 1.807) is 13.0 Å². The molecule has 0 atom stereocenters. The van der Waals surface area contributed by atoms with Crippen molar-refractivity contribution in [3.63, 3.8) is 0 Å². The van der Waals surface area contributed by atoms with Gasteiger partial charge >= 0.3 is 0 Å². The first-order valence-electron chi connectivity index (χ1n) is 7.49. The van der Waals surface area contributed by atoms with Crippen LogP contribution in [0.25, 0.3) is 0 Å². The van der Waals surface area contributed by atoms with E-state index in [0.29, 0.717) is 21.2 Å². The summed E-state index contributed by atoms with van der Waals surface area (Å²) in [4.78, 5) is 12.2. The van der Waals surface area contributed by atoms with Gasteiger partial charge in [-0.05, 0) is 56.7 Å². The van der Waals surface area contributed by atoms with Gasteiger partial charge in [0.1, 0.15) is 0 Å². The van der Waals surface area contributed by atoms with Gasteiger partial charge in [0, 0.05) is 21.7 Å². The summed E-state index contributed by atoms with van der Waals surface area (Å²) in [6, 6.07) is 8.73. The second-order valence-electron chi connectivity index (χ2n) is 5.87. The average molecular weight is 401 g/mol. The molecule has 0 aliphatic heterocycles. The molecule has 2 rings (SSSR count). The number of carbonyl (C=O) groups is 1. The van der Waals surface area contributed by atoms with E-state index in [0.717, 1.165) is 0 Å². The Bertz CT molecular complexity index is 892. The van der Waals surface area contributed by atoms with E-state index >= 15 is 0 Å².